The van der Waals surface area contributed by atoms with Crippen LogP contribution in [0.15, 0.2) is 4.99 Å². The Labute approximate surface area is 139 Å². The summed E-state index contributed by atoms with van der Waals surface area (Å²) in [5, 5.41) is 6.91. The molecule has 0 saturated carbocycles. The number of nitrogens with zero attached hydrogens (tertiary/aromatic N) is 2. The maximum absolute atomic E-state index is 12.1. The van der Waals surface area contributed by atoms with Crippen molar-refractivity contribution in [1.82, 2.24) is 14.9 Å². The minimum absolute atomic E-state index is 0.0945. The van der Waals surface area contributed by atoms with Crippen LogP contribution in [0, 0.1) is 0 Å². The van der Waals surface area contributed by atoms with Gasteiger partial charge in [-0.2, -0.15) is 11.8 Å². The third-order valence-corrected chi connectivity index (χ3v) is 6.98. The predicted molar refractivity (Wildman–Crippen MR) is 96.2 cm³/mol. The molecule has 0 radical (unpaired) electrons. The number of sulfonamides is 1. The number of thioether (sulfide) groups is 1. The minimum atomic E-state index is -3.18. The highest BCUT2D eigenvalue weighted by molar-refractivity contribution is 8.00. The lowest BCUT2D eigenvalue weighted by molar-refractivity contribution is 0.445. The van der Waals surface area contributed by atoms with Crippen LogP contribution >= 0.6 is 11.8 Å². The molecule has 0 aromatic carbocycles. The summed E-state index contributed by atoms with van der Waals surface area (Å²) in [4.78, 5) is 4.57. The van der Waals surface area contributed by atoms with E-state index in [1.165, 1.54) is 22.9 Å². The standard InChI is InChI=1S/C14H30N4O2S2/c1-4-15-14(17-12-13-8-7-10-21-13)16-9-11-22(19,20)18(5-2)6-3/h13H,4-12H2,1-3H3,(H2,15,16,17). The lowest BCUT2D eigenvalue weighted by atomic mass is 10.2. The molecule has 8 heteroatoms. The molecule has 0 bridgehead atoms. The van der Waals surface area contributed by atoms with E-state index in [1.54, 1.807) is 0 Å². The van der Waals surface area contributed by atoms with Crippen LogP contribution in [0.5, 0.6) is 0 Å². The molecule has 1 saturated heterocycles. The normalized spacial score (nSPS) is 19.6. The van der Waals surface area contributed by atoms with Crippen molar-refractivity contribution >= 4 is 27.7 Å². The van der Waals surface area contributed by atoms with E-state index in [9.17, 15) is 8.42 Å². The van der Waals surface area contributed by atoms with Crippen molar-refractivity contribution in [2.45, 2.75) is 38.9 Å². The van der Waals surface area contributed by atoms with Gasteiger partial charge in [0.05, 0.1) is 12.3 Å². The Balaban J connectivity index is 2.44. The van der Waals surface area contributed by atoms with Crippen molar-refractivity contribution in [1.29, 1.82) is 0 Å². The molecular weight excluding hydrogens is 320 g/mol. The van der Waals surface area contributed by atoms with Gasteiger partial charge in [0.25, 0.3) is 0 Å². The molecular formula is C14H30N4O2S2. The van der Waals surface area contributed by atoms with Crippen molar-refractivity contribution in [3.05, 3.63) is 0 Å². The van der Waals surface area contributed by atoms with E-state index in [1.807, 2.05) is 32.5 Å². The van der Waals surface area contributed by atoms with Crippen LogP contribution in [-0.4, -0.2) is 68.2 Å². The van der Waals surface area contributed by atoms with Gasteiger partial charge in [0.2, 0.25) is 10.0 Å². The van der Waals surface area contributed by atoms with E-state index in [0.717, 1.165) is 13.1 Å². The van der Waals surface area contributed by atoms with Gasteiger partial charge in [-0.1, -0.05) is 13.8 Å². The average Bonchev–Trinajstić information content (AvgIpc) is 2.99. The summed E-state index contributed by atoms with van der Waals surface area (Å²) in [5.74, 6) is 2.04. The van der Waals surface area contributed by atoms with E-state index in [4.69, 9.17) is 0 Å². The quantitative estimate of drug-likeness (QED) is 0.481. The summed E-state index contributed by atoms with van der Waals surface area (Å²) in [6.07, 6.45) is 2.50. The lowest BCUT2D eigenvalue weighted by Gasteiger charge is -2.19. The molecule has 0 spiro atoms. The molecule has 1 aliphatic heterocycles. The van der Waals surface area contributed by atoms with E-state index in [0.29, 0.717) is 30.8 Å². The van der Waals surface area contributed by atoms with Crippen LogP contribution in [0.2, 0.25) is 0 Å². The number of aliphatic imine (C=N–C) groups is 1. The summed E-state index contributed by atoms with van der Waals surface area (Å²) >= 11 is 1.98. The van der Waals surface area contributed by atoms with Crippen LogP contribution in [0.1, 0.15) is 33.6 Å². The molecule has 6 nitrogen and oxygen atoms in total. The van der Waals surface area contributed by atoms with Gasteiger partial charge in [0.1, 0.15) is 0 Å². The zero-order valence-electron chi connectivity index (χ0n) is 14.0. The van der Waals surface area contributed by atoms with Crippen LogP contribution < -0.4 is 10.6 Å². The van der Waals surface area contributed by atoms with E-state index in [2.05, 4.69) is 15.6 Å². The van der Waals surface area contributed by atoms with Crippen LogP contribution in [-0.2, 0) is 10.0 Å². The number of guanidine groups is 1. The summed E-state index contributed by atoms with van der Waals surface area (Å²) in [6.45, 7) is 8.71. The van der Waals surface area contributed by atoms with Crippen molar-refractivity contribution in [3.63, 3.8) is 0 Å². The maximum atomic E-state index is 12.1. The fourth-order valence-corrected chi connectivity index (χ4v) is 4.95. The van der Waals surface area contributed by atoms with Gasteiger partial charge < -0.3 is 10.6 Å². The first kappa shape index (κ1) is 19.6. The molecule has 1 unspecified atom stereocenters. The highest BCUT2D eigenvalue weighted by Crippen LogP contribution is 2.25. The van der Waals surface area contributed by atoms with Gasteiger partial charge in [-0.25, -0.2) is 12.7 Å². The van der Waals surface area contributed by atoms with E-state index in [-0.39, 0.29) is 5.75 Å². The molecule has 1 atom stereocenters. The van der Waals surface area contributed by atoms with Crippen molar-refractivity contribution in [3.8, 4) is 0 Å². The Morgan fingerprint density at radius 2 is 2.00 bits per heavy atom. The number of rotatable bonds is 9. The zero-order chi connectivity index (χ0) is 16.4. The number of hydrogen-bond acceptors (Lipinski definition) is 4. The Bertz CT molecular complexity index is 430. The first-order valence-corrected chi connectivity index (χ1v) is 10.8. The topological polar surface area (TPSA) is 73.8 Å². The SMILES string of the molecule is CCNC(=NCC1CCCS1)NCCS(=O)(=O)N(CC)CC. The molecule has 0 amide bonds. The van der Waals surface area contributed by atoms with Gasteiger partial charge >= 0.3 is 0 Å². The molecule has 1 rings (SSSR count). The fraction of sp³-hybridized carbons (Fsp3) is 0.929. The van der Waals surface area contributed by atoms with Gasteiger partial charge in [-0.15, -0.1) is 0 Å². The average molecular weight is 351 g/mol. The molecule has 22 heavy (non-hydrogen) atoms. The summed E-state index contributed by atoms with van der Waals surface area (Å²) in [7, 11) is -3.18. The van der Waals surface area contributed by atoms with Crippen LogP contribution in [0.25, 0.3) is 0 Å². The summed E-state index contributed by atoms with van der Waals surface area (Å²) < 4.78 is 25.7. The van der Waals surface area contributed by atoms with Gasteiger partial charge in [-0.3, -0.25) is 4.99 Å². The first-order valence-electron chi connectivity index (χ1n) is 8.15. The zero-order valence-corrected chi connectivity index (χ0v) is 15.6. The second-order valence-corrected chi connectivity index (χ2v) is 8.68. The third kappa shape index (κ3) is 6.75. The van der Waals surface area contributed by atoms with E-state index >= 15 is 0 Å². The molecule has 1 aliphatic rings. The largest absolute Gasteiger partial charge is 0.357 e. The lowest BCUT2D eigenvalue weighted by Crippen LogP contribution is -2.42. The Morgan fingerprint density at radius 1 is 1.27 bits per heavy atom. The maximum Gasteiger partial charge on any atom is 0.215 e. The first-order chi connectivity index (χ1) is 10.5. The van der Waals surface area contributed by atoms with Gasteiger partial charge in [-0.05, 0) is 25.5 Å². The Hall–Kier alpha value is -0.470. The van der Waals surface area contributed by atoms with E-state index < -0.39 is 10.0 Å². The smallest absolute Gasteiger partial charge is 0.215 e. The molecule has 0 aromatic rings. The van der Waals surface area contributed by atoms with Crippen molar-refractivity contribution in [2.24, 2.45) is 4.99 Å². The fourth-order valence-electron chi connectivity index (χ4n) is 2.37. The summed E-state index contributed by atoms with van der Waals surface area (Å²) in [6, 6.07) is 0. The monoisotopic (exact) mass is 350 g/mol. The number of nitrogens with one attached hydrogen (secondary N) is 2. The second-order valence-electron chi connectivity index (χ2n) is 5.18. The summed E-state index contributed by atoms with van der Waals surface area (Å²) in [5.41, 5.74) is 0. The molecule has 2 N–H and O–H groups in total. The predicted octanol–water partition coefficient (Wildman–Crippen LogP) is 1.11. The van der Waals surface area contributed by atoms with Gasteiger partial charge in [0, 0.05) is 31.4 Å². The van der Waals surface area contributed by atoms with Crippen molar-refractivity contribution < 1.29 is 8.42 Å². The van der Waals surface area contributed by atoms with Crippen LogP contribution in [0.3, 0.4) is 0 Å². The minimum Gasteiger partial charge on any atom is -0.357 e. The second kappa shape index (κ2) is 10.3. The molecule has 130 valence electrons. The van der Waals surface area contributed by atoms with Gasteiger partial charge in [0.15, 0.2) is 5.96 Å². The Kier molecular flexibility index (Phi) is 9.19. The van der Waals surface area contributed by atoms with Crippen LogP contribution in [0.4, 0.5) is 0 Å². The molecule has 1 heterocycles. The number of hydrogen-bond donors (Lipinski definition) is 2. The van der Waals surface area contributed by atoms with Crippen molar-refractivity contribution in [2.75, 3.05) is 44.2 Å². The molecule has 1 fully saturated rings. The third-order valence-electron chi connectivity index (χ3n) is 3.57. The molecule has 0 aliphatic carbocycles. The molecule has 0 aromatic heterocycles. The highest BCUT2D eigenvalue weighted by atomic mass is 32.2. The highest BCUT2D eigenvalue weighted by Gasteiger charge is 2.18. The Morgan fingerprint density at radius 3 is 2.55 bits per heavy atom.